The molecule has 6 heteroatoms. The predicted molar refractivity (Wildman–Crippen MR) is 101 cm³/mol. The second-order valence-corrected chi connectivity index (χ2v) is 6.60. The first-order valence-electron chi connectivity index (χ1n) is 8.22. The summed E-state index contributed by atoms with van der Waals surface area (Å²) in [4.78, 5) is 6.69. The van der Waals surface area contributed by atoms with Gasteiger partial charge in [0.15, 0.2) is 5.96 Å². The maximum atomic E-state index is 6.09. The molecule has 1 unspecified atom stereocenters. The molecule has 1 saturated heterocycles. The molecule has 1 aromatic heterocycles. The van der Waals surface area contributed by atoms with Crippen molar-refractivity contribution >= 4 is 23.2 Å². The lowest BCUT2D eigenvalue weighted by molar-refractivity contribution is 0.648. The fourth-order valence-electron chi connectivity index (χ4n) is 3.02. The zero-order valence-corrected chi connectivity index (χ0v) is 14.9. The first kappa shape index (κ1) is 16.7. The minimum atomic E-state index is 0.381. The summed E-state index contributed by atoms with van der Waals surface area (Å²) in [6.07, 6.45) is 5.24. The second-order valence-electron chi connectivity index (χ2n) is 6.17. The van der Waals surface area contributed by atoms with Crippen LogP contribution in [-0.2, 0) is 13.6 Å². The van der Waals surface area contributed by atoms with E-state index in [9.17, 15) is 0 Å². The van der Waals surface area contributed by atoms with Crippen LogP contribution in [0.1, 0.15) is 12.0 Å². The molecule has 1 fully saturated rings. The maximum Gasteiger partial charge on any atom is 0.191 e. The number of halogens is 1. The van der Waals surface area contributed by atoms with Crippen LogP contribution in [0, 0.1) is 0 Å². The zero-order valence-electron chi connectivity index (χ0n) is 14.2. The standard InChI is InChI=1S/C18H24ClN5/c1-20-18(21-11-14-6-8-23(2)12-14)22-16-7-9-24(13-16)17-5-3-4-15(19)10-17/h3-6,8,10,12,16H,7,9,11,13H2,1-2H3,(H2,20,21,22). The van der Waals surface area contributed by atoms with Crippen molar-refractivity contribution in [3.63, 3.8) is 0 Å². The number of nitrogens with zero attached hydrogens (tertiary/aromatic N) is 3. The van der Waals surface area contributed by atoms with E-state index < -0.39 is 0 Å². The van der Waals surface area contributed by atoms with Gasteiger partial charge in [-0.2, -0.15) is 0 Å². The molecule has 0 spiro atoms. The van der Waals surface area contributed by atoms with E-state index in [-0.39, 0.29) is 0 Å². The quantitative estimate of drug-likeness (QED) is 0.661. The molecule has 2 heterocycles. The molecule has 0 saturated carbocycles. The lowest BCUT2D eigenvalue weighted by atomic mass is 10.2. The summed E-state index contributed by atoms with van der Waals surface area (Å²) >= 11 is 6.09. The van der Waals surface area contributed by atoms with E-state index in [1.165, 1.54) is 11.3 Å². The summed E-state index contributed by atoms with van der Waals surface area (Å²) in [5, 5.41) is 7.67. The molecule has 0 radical (unpaired) electrons. The molecule has 0 bridgehead atoms. The number of aryl methyl sites for hydroxylation is 1. The normalized spacial score (nSPS) is 18.0. The average Bonchev–Trinajstić information content (AvgIpc) is 3.20. The lowest BCUT2D eigenvalue weighted by Gasteiger charge is -2.20. The van der Waals surface area contributed by atoms with Crippen LogP contribution in [0.5, 0.6) is 0 Å². The summed E-state index contributed by atoms with van der Waals surface area (Å²) in [7, 11) is 3.84. The van der Waals surface area contributed by atoms with E-state index in [1.54, 1.807) is 0 Å². The number of aliphatic imine (C=N–C) groups is 1. The van der Waals surface area contributed by atoms with Crippen molar-refractivity contribution < 1.29 is 0 Å². The number of anilines is 1. The summed E-state index contributed by atoms with van der Waals surface area (Å²) in [5.41, 5.74) is 2.42. The highest BCUT2D eigenvalue weighted by Gasteiger charge is 2.23. The van der Waals surface area contributed by atoms with Crippen LogP contribution in [0.15, 0.2) is 47.7 Å². The molecule has 5 nitrogen and oxygen atoms in total. The van der Waals surface area contributed by atoms with Gasteiger partial charge < -0.3 is 20.1 Å². The fourth-order valence-corrected chi connectivity index (χ4v) is 3.21. The summed E-state index contributed by atoms with van der Waals surface area (Å²) in [6.45, 7) is 2.74. The third-order valence-corrected chi connectivity index (χ3v) is 4.51. The van der Waals surface area contributed by atoms with Crippen molar-refractivity contribution in [3.05, 3.63) is 53.3 Å². The van der Waals surface area contributed by atoms with Crippen LogP contribution in [0.25, 0.3) is 0 Å². The van der Waals surface area contributed by atoms with E-state index in [4.69, 9.17) is 11.6 Å². The molecule has 1 aliphatic heterocycles. The Balaban J connectivity index is 1.52. The van der Waals surface area contributed by atoms with Gasteiger partial charge in [0.05, 0.1) is 0 Å². The third kappa shape index (κ3) is 4.23. The Bertz CT molecular complexity index is 709. The molecule has 2 aromatic rings. The van der Waals surface area contributed by atoms with Crippen molar-refractivity contribution in [2.45, 2.75) is 19.0 Å². The number of aromatic nitrogens is 1. The Morgan fingerprint density at radius 1 is 1.38 bits per heavy atom. The maximum absolute atomic E-state index is 6.09. The number of rotatable bonds is 4. The van der Waals surface area contributed by atoms with Crippen LogP contribution >= 0.6 is 11.6 Å². The first-order chi connectivity index (χ1) is 11.6. The lowest BCUT2D eigenvalue weighted by Crippen LogP contribution is -2.44. The number of hydrogen-bond acceptors (Lipinski definition) is 2. The molecule has 0 aliphatic carbocycles. The Morgan fingerprint density at radius 2 is 2.25 bits per heavy atom. The summed E-state index contributed by atoms with van der Waals surface area (Å²) < 4.78 is 2.05. The summed E-state index contributed by atoms with van der Waals surface area (Å²) in [6, 6.07) is 10.5. The minimum Gasteiger partial charge on any atom is -0.369 e. The molecule has 0 amide bonds. The van der Waals surface area contributed by atoms with Gasteiger partial charge in [0.25, 0.3) is 0 Å². The Morgan fingerprint density at radius 3 is 2.96 bits per heavy atom. The molecule has 2 N–H and O–H groups in total. The largest absolute Gasteiger partial charge is 0.369 e. The highest BCUT2D eigenvalue weighted by molar-refractivity contribution is 6.30. The molecule has 24 heavy (non-hydrogen) atoms. The Labute approximate surface area is 148 Å². The van der Waals surface area contributed by atoms with E-state index in [2.05, 4.69) is 38.9 Å². The van der Waals surface area contributed by atoms with Gasteiger partial charge in [-0.15, -0.1) is 0 Å². The fraction of sp³-hybridized carbons (Fsp3) is 0.389. The first-order valence-corrected chi connectivity index (χ1v) is 8.60. The highest BCUT2D eigenvalue weighted by Crippen LogP contribution is 2.23. The average molecular weight is 346 g/mol. The zero-order chi connectivity index (χ0) is 16.9. The molecule has 1 aliphatic rings. The van der Waals surface area contributed by atoms with Gasteiger partial charge in [-0.25, -0.2) is 0 Å². The van der Waals surface area contributed by atoms with Crippen molar-refractivity contribution in [2.24, 2.45) is 12.0 Å². The van der Waals surface area contributed by atoms with Gasteiger partial charge in [0, 0.05) is 62.9 Å². The number of guanidine groups is 1. The molecule has 128 valence electrons. The van der Waals surface area contributed by atoms with Crippen LogP contribution in [0.2, 0.25) is 5.02 Å². The number of hydrogen-bond donors (Lipinski definition) is 2. The SMILES string of the molecule is CN=C(NCc1ccn(C)c1)NC1CCN(c2cccc(Cl)c2)C1. The minimum absolute atomic E-state index is 0.381. The van der Waals surface area contributed by atoms with E-state index in [0.717, 1.165) is 37.0 Å². The third-order valence-electron chi connectivity index (χ3n) is 4.28. The molecule has 1 atom stereocenters. The van der Waals surface area contributed by atoms with Gasteiger partial charge in [-0.3, -0.25) is 4.99 Å². The second kappa shape index (κ2) is 7.62. The van der Waals surface area contributed by atoms with Crippen LogP contribution < -0.4 is 15.5 Å². The molecular formula is C18H24ClN5. The summed E-state index contributed by atoms with van der Waals surface area (Å²) in [5.74, 6) is 0.844. The van der Waals surface area contributed by atoms with Crippen LogP contribution in [0.3, 0.4) is 0 Å². The predicted octanol–water partition coefficient (Wildman–Crippen LogP) is 2.62. The smallest absolute Gasteiger partial charge is 0.191 e. The van der Waals surface area contributed by atoms with E-state index in [1.807, 2.05) is 43.1 Å². The highest BCUT2D eigenvalue weighted by atomic mass is 35.5. The van der Waals surface area contributed by atoms with Gasteiger partial charge in [-0.1, -0.05) is 17.7 Å². The van der Waals surface area contributed by atoms with Crippen LogP contribution in [-0.4, -0.2) is 36.7 Å². The van der Waals surface area contributed by atoms with Crippen molar-refractivity contribution in [1.29, 1.82) is 0 Å². The molecular weight excluding hydrogens is 322 g/mol. The van der Waals surface area contributed by atoms with Gasteiger partial charge in [0.2, 0.25) is 0 Å². The van der Waals surface area contributed by atoms with E-state index >= 15 is 0 Å². The topological polar surface area (TPSA) is 44.6 Å². The van der Waals surface area contributed by atoms with Gasteiger partial charge in [0.1, 0.15) is 0 Å². The number of nitrogens with one attached hydrogen (secondary N) is 2. The van der Waals surface area contributed by atoms with Crippen molar-refractivity contribution in [2.75, 3.05) is 25.0 Å². The Hall–Kier alpha value is -2.14. The number of benzene rings is 1. The molecule has 3 rings (SSSR count). The van der Waals surface area contributed by atoms with E-state index in [0.29, 0.717) is 6.04 Å². The Kier molecular flexibility index (Phi) is 5.30. The van der Waals surface area contributed by atoms with Crippen LogP contribution in [0.4, 0.5) is 5.69 Å². The van der Waals surface area contributed by atoms with Crippen molar-refractivity contribution in [1.82, 2.24) is 15.2 Å². The van der Waals surface area contributed by atoms with Gasteiger partial charge in [-0.05, 0) is 36.2 Å². The van der Waals surface area contributed by atoms with Crippen molar-refractivity contribution in [3.8, 4) is 0 Å². The molecule has 1 aromatic carbocycles. The monoisotopic (exact) mass is 345 g/mol. The van der Waals surface area contributed by atoms with Gasteiger partial charge >= 0.3 is 0 Å².